The Labute approximate surface area is 128 Å². The first-order valence-corrected chi connectivity index (χ1v) is 7.65. The Bertz CT molecular complexity index is 542. The maximum atomic E-state index is 5.77. The first-order valence-electron chi connectivity index (χ1n) is 6.85. The molecule has 3 nitrogen and oxygen atoms in total. The van der Waals surface area contributed by atoms with Gasteiger partial charge < -0.3 is 10.1 Å². The van der Waals surface area contributed by atoms with Gasteiger partial charge in [-0.15, -0.1) is 0 Å². The molecule has 0 spiro atoms. The van der Waals surface area contributed by atoms with Crippen molar-refractivity contribution in [2.45, 2.75) is 26.3 Å². The standard InChI is InChI=1S/C16H19BrN2O/c1-3-15(18-4-2)16-9-8-14(11-19-16)20-13-7-5-6-12(17)10-13/h5-11,15,18H,3-4H2,1-2H3. The lowest BCUT2D eigenvalue weighted by atomic mass is 10.1. The lowest BCUT2D eigenvalue weighted by Gasteiger charge is -2.15. The Kier molecular flexibility index (Phi) is 5.56. The molecule has 1 heterocycles. The molecule has 4 heteroatoms. The summed E-state index contributed by atoms with van der Waals surface area (Å²) in [7, 11) is 0. The van der Waals surface area contributed by atoms with E-state index in [1.165, 1.54) is 0 Å². The van der Waals surface area contributed by atoms with Gasteiger partial charge in [-0.25, -0.2) is 0 Å². The monoisotopic (exact) mass is 334 g/mol. The van der Waals surface area contributed by atoms with Crippen molar-refractivity contribution in [3.63, 3.8) is 0 Å². The summed E-state index contributed by atoms with van der Waals surface area (Å²) in [6, 6.07) is 12.1. The topological polar surface area (TPSA) is 34.1 Å². The van der Waals surface area contributed by atoms with Gasteiger partial charge in [-0.3, -0.25) is 4.98 Å². The summed E-state index contributed by atoms with van der Waals surface area (Å²) in [4.78, 5) is 4.49. The lowest BCUT2D eigenvalue weighted by Crippen LogP contribution is -2.20. The summed E-state index contributed by atoms with van der Waals surface area (Å²) in [5, 5.41) is 3.42. The number of nitrogens with zero attached hydrogens (tertiary/aromatic N) is 1. The fourth-order valence-electron chi connectivity index (χ4n) is 2.03. The number of benzene rings is 1. The third-order valence-electron chi connectivity index (χ3n) is 3.01. The molecule has 0 saturated carbocycles. The predicted molar refractivity (Wildman–Crippen MR) is 85.2 cm³/mol. The Morgan fingerprint density at radius 1 is 1.20 bits per heavy atom. The van der Waals surface area contributed by atoms with Crippen LogP contribution < -0.4 is 10.1 Å². The molecule has 1 N–H and O–H groups in total. The van der Waals surface area contributed by atoms with Gasteiger partial charge in [-0.1, -0.05) is 35.8 Å². The van der Waals surface area contributed by atoms with Crippen LogP contribution in [0.25, 0.3) is 0 Å². The normalized spacial score (nSPS) is 12.2. The van der Waals surface area contributed by atoms with Gasteiger partial charge in [0.15, 0.2) is 0 Å². The number of ether oxygens (including phenoxy) is 1. The van der Waals surface area contributed by atoms with Gasteiger partial charge in [0.1, 0.15) is 11.5 Å². The zero-order valence-corrected chi connectivity index (χ0v) is 13.4. The van der Waals surface area contributed by atoms with Crippen LogP contribution in [0.4, 0.5) is 0 Å². The first-order chi connectivity index (χ1) is 9.72. The molecule has 0 radical (unpaired) electrons. The molecule has 1 unspecified atom stereocenters. The maximum absolute atomic E-state index is 5.77. The van der Waals surface area contributed by atoms with Crippen molar-refractivity contribution in [2.24, 2.45) is 0 Å². The third-order valence-corrected chi connectivity index (χ3v) is 3.50. The van der Waals surface area contributed by atoms with E-state index in [1.54, 1.807) is 6.20 Å². The molecule has 0 saturated heterocycles. The Morgan fingerprint density at radius 2 is 2.05 bits per heavy atom. The predicted octanol–water partition coefficient (Wildman–Crippen LogP) is 4.70. The molecule has 1 aromatic carbocycles. The second-order valence-electron chi connectivity index (χ2n) is 4.50. The van der Waals surface area contributed by atoms with Gasteiger partial charge >= 0.3 is 0 Å². The van der Waals surface area contributed by atoms with Gasteiger partial charge in [0.2, 0.25) is 0 Å². The summed E-state index contributed by atoms with van der Waals surface area (Å²) >= 11 is 3.43. The smallest absolute Gasteiger partial charge is 0.145 e. The number of pyridine rings is 1. The molecule has 0 aliphatic carbocycles. The highest BCUT2D eigenvalue weighted by molar-refractivity contribution is 9.10. The van der Waals surface area contributed by atoms with Crippen LogP contribution in [0.3, 0.4) is 0 Å². The average Bonchev–Trinajstić information content (AvgIpc) is 2.46. The van der Waals surface area contributed by atoms with Crippen LogP contribution >= 0.6 is 15.9 Å². The van der Waals surface area contributed by atoms with Gasteiger partial charge in [-0.2, -0.15) is 0 Å². The van der Waals surface area contributed by atoms with Crippen molar-refractivity contribution in [1.29, 1.82) is 0 Å². The SMILES string of the molecule is CCNC(CC)c1ccc(Oc2cccc(Br)c2)cn1. The molecule has 0 amide bonds. The van der Waals surface area contributed by atoms with Crippen molar-refractivity contribution < 1.29 is 4.74 Å². The van der Waals surface area contributed by atoms with Crippen LogP contribution in [0.5, 0.6) is 11.5 Å². The van der Waals surface area contributed by atoms with E-state index in [4.69, 9.17) is 4.74 Å². The van der Waals surface area contributed by atoms with E-state index in [2.05, 4.69) is 40.1 Å². The highest BCUT2D eigenvalue weighted by atomic mass is 79.9. The quantitative estimate of drug-likeness (QED) is 0.831. The minimum absolute atomic E-state index is 0.305. The molecule has 2 aromatic rings. The van der Waals surface area contributed by atoms with Crippen LogP contribution in [0.15, 0.2) is 47.1 Å². The summed E-state index contributed by atoms with van der Waals surface area (Å²) in [5.41, 5.74) is 1.05. The van der Waals surface area contributed by atoms with E-state index >= 15 is 0 Å². The highest BCUT2D eigenvalue weighted by Gasteiger charge is 2.09. The maximum Gasteiger partial charge on any atom is 0.145 e. The van der Waals surface area contributed by atoms with E-state index in [9.17, 15) is 0 Å². The summed E-state index contributed by atoms with van der Waals surface area (Å²) in [6.07, 6.45) is 2.79. The van der Waals surface area contributed by atoms with Crippen molar-refractivity contribution in [2.75, 3.05) is 6.54 Å². The first kappa shape index (κ1) is 15.0. The van der Waals surface area contributed by atoms with Crippen LogP contribution in [0, 0.1) is 0 Å². The van der Waals surface area contributed by atoms with Gasteiger partial charge in [0.25, 0.3) is 0 Å². The number of hydrogen-bond donors (Lipinski definition) is 1. The highest BCUT2D eigenvalue weighted by Crippen LogP contribution is 2.25. The number of nitrogens with one attached hydrogen (secondary N) is 1. The van der Waals surface area contributed by atoms with Crippen molar-refractivity contribution in [1.82, 2.24) is 10.3 Å². The fourth-order valence-corrected chi connectivity index (χ4v) is 2.41. The van der Waals surface area contributed by atoms with E-state index < -0.39 is 0 Å². The minimum Gasteiger partial charge on any atom is -0.456 e. The number of hydrogen-bond acceptors (Lipinski definition) is 3. The molecule has 0 bridgehead atoms. The number of halogens is 1. The van der Waals surface area contributed by atoms with Crippen molar-refractivity contribution in [3.8, 4) is 11.5 Å². The molecular weight excluding hydrogens is 316 g/mol. The molecular formula is C16H19BrN2O. The van der Waals surface area contributed by atoms with Crippen LogP contribution in [0.2, 0.25) is 0 Å². The fraction of sp³-hybridized carbons (Fsp3) is 0.312. The molecule has 2 rings (SSSR count). The van der Waals surface area contributed by atoms with Crippen molar-refractivity contribution in [3.05, 3.63) is 52.8 Å². The molecule has 0 fully saturated rings. The molecule has 1 aromatic heterocycles. The van der Waals surface area contributed by atoms with E-state index in [0.29, 0.717) is 6.04 Å². The van der Waals surface area contributed by atoms with Gasteiger partial charge in [0.05, 0.1) is 11.9 Å². The summed E-state index contributed by atoms with van der Waals surface area (Å²) < 4.78 is 6.77. The van der Waals surface area contributed by atoms with Crippen molar-refractivity contribution >= 4 is 15.9 Å². The molecule has 106 valence electrons. The van der Waals surface area contributed by atoms with E-state index in [0.717, 1.165) is 34.6 Å². The summed E-state index contributed by atoms with van der Waals surface area (Å²) in [5.74, 6) is 1.55. The second-order valence-corrected chi connectivity index (χ2v) is 5.41. The Balaban J connectivity index is 2.08. The molecule has 0 aliphatic heterocycles. The van der Waals surface area contributed by atoms with E-state index in [-0.39, 0.29) is 0 Å². The van der Waals surface area contributed by atoms with E-state index in [1.807, 2.05) is 36.4 Å². The summed E-state index contributed by atoms with van der Waals surface area (Å²) in [6.45, 7) is 5.20. The zero-order valence-electron chi connectivity index (χ0n) is 11.8. The third kappa shape index (κ3) is 4.05. The van der Waals surface area contributed by atoms with Crippen LogP contribution in [-0.4, -0.2) is 11.5 Å². The zero-order chi connectivity index (χ0) is 14.4. The van der Waals surface area contributed by atoms with Crippen LogP contribution in [0.1, 0.15) is 32.0 Å². The molecule has 0 aliphatic rings. The van der Waals surface area contributed by atoms with Gasteiger partial charge in [-0.05, 0) is 43.3 Å². The largest absolute Gasteiger partial charge is 0.456 e. The van der Waals surface area contributed by atoms with Gasteiger partial charge in [0, 0.05) is 10.5 Å². The molecule has 20 heavy (non-hydrogen) atoms. The Hall–Kier alpha value is -1.39. The average molecular weight is 335 g/mol. The Morgan fingerprint density at radius 3 is 2.65 bits per heavy atom. The minimum atomic E-state index is 0.305. The number of rotatable bonds is 6. The number of aromatic nitrogens is 1. The molecule has 1 atom stereocenters. The lowest BCUT2D eigenvalue weighted by molar-refractivity contribution is 0.475. The second kappa shape index (κ2) is 7.41. The van der Waals surface area contributed by atoms with Crippen LogP contribution in [-0.2, 0) is 0 Å².